The van der Waals surface area contributed by atoms with Crippen LogP contribution in [-0.4, -0.2) is 21.4 Å². The second kappa shape index (κ2) is 2.65. The molecule has 13 heavy (non-hydrogen) atoms. The van der Waals surface area contributed by atoms with Crippen molar-refractivity contribution in [2.75, 3.05) is 5.32 Å². The zero-order valence-electron chi connectivity index (χ0n) is 7.23. The maximum Gasteiger partial charge on any atom is 0.202 e. The fourth-order valence-electron chi connectivity index (χ4n) is 1.34. The number of nitrogens with two attached hydrogens (primary N) is 1. The number of hydrogen-bond acceptors (Lipinski definition) is 5. The van der Waals surface area contributed by atoms with Crippen LogP contribution in [-0.2, 0) is 0 Å². The van der Waals surface area contributed by atoms with Gasteiger partial charge in [-0.15, -0.1) is 0 Å². The molecule has 1 aromatic rings. The Balaban J connectivity index is 1.67. The Labute approximate surface area is 80.7 Å². The summed E-state index contributed by atoms with van der Waals surface area (Å²) in [7, 11) is 0. The van der Waals surface area contributed by atoms with E-state index < -0.39 is 0 Å². The topological polar surface area (TPSA) is 63.8 Å². The smallest absolute Gasteiger partial charge is 0.202 e. The van der Waals surface area contributed by atoms with Crippen LogP contribution in [0.5, 0.6) is 0 Å². The minimum atomic E-state index is 0.327. The van der Waals surface area contributed by atoms with Gasteiger partial charge in [-0.2, -0.15) is 4.37 Å². The lowest BCUT2D eigenvalue weighted by molar-refractivity contribution is 0.967. The van der Waals surface area contributed by atoms with Gasteiger partial charge in [-0.25, -0.2) is 4.98 Å². The summed E-state index contributed by atoms with van der Waals surface area (Å²) < 4.78 is 4.31. The second-order valence-electron chi connectivity index (χ2n) is 3.88. The van der Waals surface area contributed by atoms with Crippen molar-refractivity contribution in [1.82, 2.24) is 9.36 Å². The van der Waals surface area contributed by atoms with Gasteiger partial charge < -0.3 is 11.1 Å². The Morgan fingerprint density at radius 2 is 2.23 bits per heavy atom. The number of anilines is 1. The fourth-order valence-corrected chi connectivity index (χ4v) is 2.05. The molecule has 0 radical (unpaired) electrons. The molecular weight excluding hydrogens is 184 g/mol. The van der Waals surface area contributed by atoms with Gasteiger partial charge in [-0.1, -0.05) is 0 Å². The van der Waals surface area contributed by atoms with Crippen LogP contribution < -0.4 is 11.1 Å². The molecule has 2 aliphatic rings. The molecule has 0 aliphatic heterocycles. The predicted molar refractivity (Wildman–Crippen MR) is 51.9 cm³/mol. The zero-order valence-corrected chi connectivity index (χ0v) is 8.05. The molecule has 3 N–H and O–H groups in total. The molecule has 5 heteroatoms. The molecule has 0 aromatic carbocycles. The van der Waals surface area contributed by atoms with E-state index in [1.165, 1.54) is 24.4 Å². The third-order valence-electron chi connectivity index (χ3n) is 2.53. The maximum atomic E-state index is 5.69. The first kappa shape index (κ1) is 7.70. The first-order valence-corrected chi connectivity index (χ1v) is 5.46. The molecule has 70 valence electrons. The highest BCUT2D eigenvalue weighted by Crippen LogP contribution is 2.39. The van der Waals surface area contributed by atoms with Crippen LogP contribution in [0.3, 0.4) is 0 Å². The summed E-state index contributed by atoms with van der Waals surface area (Å²) in [4.78, 5) is 4.43. The third kappa shape index (κ3) is 1.53. The van der Waals surface area contributed by atoms with Gasteiger partial charge in [-0.3, -0.25) is 0 Å². The second-order valence-corrected chi connectivity index (χ2v) is 4.63. The molecule has 2 aliphatic carbocycles. The van der Waals surface area contributed by atoms with Gasteiger partial charge in [0, 0.05) is 29.5 Å². The number of hydrogen-bond donors (Lipinski definition) is 2. The lowest BCUT2D eigenvalue weighted by atomic mass is 10.4. The average molecular weight is 196 g/mol. The SMILES string of the molecule is NC1CC1Nc1nc(C2CC2)ns1. The highest BCUT2D eigenvalue weighted by atomic mass is 32.1. The van der Waals surface area contributed by atoms with Gasteiger partial charge >= 0.3 is 0 Å². The molecule has 1 heterocycles. The van der Waals surface area contributed by atoms with Crippen LogP contribution in [0.2, 0.25) is 0 Å². The molecule has 0 amide bonds. The summed E-state index contributed by atoms with van der Waals surface area (Å²) in [6, 6.07) is 0.772. The van der Waals surface area contributed by atoms with Crippen LogP contribution in [0, 0.1) is 0 Å². The number of nitrogens with one attached hydrogen (secondary N) is 1. The van der Waals surface area contributed by atoms with Crippen molar-refractivity contribution in [2.24, 2.45) is 5.73 Å². The normalized spacial score (nSPS) is 31.8. The highest BCUT2D eigenvalue weighted by molar-refractivity contribution is 7.09. The van der Waals surface area contributed by atoms with Crippen molar-refractivity contribution in [3.63, 3.8) is 0 Å². The van der Waals surface area contributed by atoms with Crippen LogP contribution in [0.15, 0.2) is 0 Å². The molecule has 2 unspecified atom stereocenters. The Morgan fingerprint density at radius 3 is 2.85 bits per heavy atom. The largest absolute Gasteiger partial charge is 0.356 e. The summed E-state index contributed by atoms with van der Waals surface area (Å²) in [5.74, 6) is 1.68. The quantitative estimate of drug-likeness (QED) is 0.754. The van der Waals surface area contributed by atoms with Gasteiger partial charge in [0.1, 0.15) is 5.82 Å². The Hall–Kier alpha value is -0.680. The Morgan fingerprint density at radius 1 is 1.46 bits per heavy atom. The van der Waals surface area contributed by atoms with Crippen LogP contribution in [0.1, 0.15) is 31.0 Å². The van der Waals surface area contributed by atoms with E-state index >= 15 is 0 Å². The van der Waals surface area contributed by atoms with E-state index in [4.69, 9.17) is 5.73 Å². The van der Waals surface area contributed by atoms with E-state index in [1.54, 1.807) is 0 Å². The molecular formula is C8H12N4S. The van der Waals surface area contributed by atoms with Gasteiger partial charge in [0.15, 0.2) is 0 Å². The number of aromatic nitrogens is 2. The highest BCUT2D eigenvalue weighted by Gasteiger charge is 2.34. The van der Waals surface area contributed by atoms with Crippen molar-refractivity contribution in [1.29, 1.82) is 0 Å². The van der Waals surface area contributed by atoms with Gasteiger partial charge in [0.2, 0.25) is 5.13 Å². The van der Waals surface area contributed by atoms with Crippen LogP contribution >= 0.6 is 11.5 Å². The molecule has 2 saturated carbocycles. The molecule has 0 bridgehead atoms. The molecule has 3 rings (SSSR count). The van der Waals surface area contributed by atoms with Crippen molar-refractivity contribution < 1.29 is 0 Å². The van der Waals surface area contributed by atoms with E-state index in [1.807, 2.05) is 0 Å². The van der Waals surface area contributed by atoms with E-state index in [9.17, 15) is 0 Å². The monoisotopic (exact) mass is 196 g/mol. The van der Waals surface area contributed by atoms with E-state index in [0.717, 1.165) is 17.4 Å². The lowest BCUT2D eigenvalue weighted by Crippen LogP contribution is -2.12. The zero-order chi connectivity index (χ0) is 8.84. The number of rotatable bonds is 3. The standard InChI is InChI=1S/C8H12N4S/c9-5-3-6(5)10-8-11-7(12-13-8)4-1-2-4/h4-6H,1-3,9H2,(H,10,11,12). The number of nitrogens with zero attached hydrogens (tertiary/aromatic N) is 2. The molecule has 0 saturated heterocycles. The first-order chi connectivity index (χ1) is 6.33. The molecule has 2 atom stereocenters. The summed E-state index contributed by atoms with van der Waals surface area (Å²) in [5.41, 5.74) is 5.69. The van der Waals surface area contributed by atoms with Crippen molar-refractivity contribution in [3.05, 3.63) is 5.82 Å². The van der Waals surface area contributed by atoms with Crippen LogP contribution in [0.4, 0.5) is 5.13 Å². The lowest BCUT2D eigenvalue weighted by Gasteiger charge is -1.96. The Bertz CT molecular complexity index is 320. The van der Waals surface area contributed by atoms with Gasteiger partial charge in [-0.05, 0) is 19.3 Å². The summed E-state index contributed by atoms with van der Waals surface area (Å²) >= 11 is 1.46. The maximum absolute atomic E-state index is 5.69. The third-order valence-corrected chi connectivity index (χ3v) is 3.19. The van der Waals surface area contributed by atoms with Gasteiger partial charge in [0.05, 0.1) is 0 Å². The summed E-state index contributed by atoms with van der Waals surface area (Å²) in [6.07, 6.45) is 3.59. The van der Waals surface area contributed by atoms with Crippen LogP contribution in [0.25, 0.3) is 0 Å². The van der Waals surface area contributed by atoms with E-state index in [-0.39, 0.29) is 0 Å². The van der Waals surface area contributed by atoms with Crippen molar-refractivity contribution in [2.45, 2.75) is 37.3 Å². The Kier molecular flexibility index (Phi) is 1.57. The predicted octanol–water partition coefficient (Wildman–Crippen LogP) is 0.927. The molecule has 2 fully saturated rings. The molecule has 1 aromatic heterocycles. The minimum Gasteiger partial charge on any atom is -0.356 e. The molecule has 0 spiro atoms. The van der Waals surface area contributed by atoms with E-state index in [2.05, 4.69) is 14.7 Å². The fraction of sp³-hybridized carbons (Fsp3) is 0.750. The molecule has 4 nitrogen and oxygen atoms in total. The van der Waals surface area contributed by atoms with Crippen molar-refractivity contribution in [3.8, 4) is 0 Å². The van der Waals surface area contributed by atoms with E-state index in [0.29, 0.717) is 18.0 Å². The minimum absolute atomic E-state index is 0.327. The first-order valence-electron chi connectivity index (χ1n) is 4.68. The summed E-state index contributed by atoms with van der Waals surface area (Å²) in [6.45, 7) is 0. The summed E-state index contributed by atoms with van der Waals surface area (Å²) in [5, 5.41) is 4.23. The van der Waals surface area contributed by atoms with Crippen molar-refractivity contribution >= 4 is 16.7 Å². The van der Waals surface area contributed by atoms with Gasteiger partial charge in [0.25, 0.3) is 0 Å². The average Bonchev–Trinajstić information content (AvgIpc) is 2.99.